The number of hydrogen-bond donors (Lipinski definition) is 1. The van der Waals surface area contributed by atoms with E-state index in [1.54, 1.807) is 6.08 Å². The highest BCUT2D eigenvalue weighted by Crippen LogP contribution is 2.26. The number of benzene rings is 1. The maximum absolute atomic E-state index is 10.3. The SMILES string of the molecule is O=C(O)/C=C/c1ccc(OC2CC2)cc1. The molecule has 1 fully saturated rings. The zero-order valence-corrected chi connectivity index (χ0v) is 8.22. The summed E-state index contributed by atoms with van der Waals surface area (Å²) >= 11 is 0. The van der Waals surface area contributed by atoms with Crippen molar-refractivity contribution in [3.63, 3.8) is 0 Å². The van der Waals surface area contributed by atoms with Crippen LogP contribution in [0.25, 0.3) is 6.08 Å². The molecule has 0 spiro atoms. The van der Waals surface area contributed by atoms with Crippen LogP contribution in [0.1, 0.15) is 18.4 Å². The molecule has 0 amide bonds. The van der Waals surface area contributed by atoms with Crippen molar-refractivity contribution in [3.05, 3.63) is 35.9 Å². The molecule has 1 aliphatic carbocycles. The van der Waals surface area contributed by atoms with Crippen LogP contribution < -0.4 is 4.74 Å². The molecular formula is C12H12O3. The molecule has 2 rings (SSSR count). The van der Waals surface area contributed by atoms with Gasteiger partial charge in [-0.3, -0.25) is 0 Å². The second-order valence-corrected chi connectivity index (χ2v) is 3.56. The Morgan fingerprint density at radius 2 is 2.00 bits per heavy atom. The van der Waals surface area contributed by atoms with Crippen molar-refractivity contribution in [2.24, 2.45) is 0 Å². The summed E-state index contributed by atoms with van der Waals surface area (Å²) in [4.78, 5) is 10.3. The van der Waals surface area contributed by atoms with Gasteiger partial charge in [-0.2, -0.15) is 0 Å². The monoisotopic (exact) mass is 204 g/mol. The van der Waals surface area contributed by atoms with Crippen molar-refractivity contribution in [2.45, 2.75) is 18.9 Å². The zero-order chi connectivity index (χ0) is 10.7. The molecule has 0 saturated heterocycles. The summed E-state index contributed by atoms with van der Waals surface area (Å²) in [6, 6.07) is 7.41. The highest BCUT2D eigenvalue weighted by Gasteiger charge is 2.23. The lowest BCUT2D eigenvalue weighted by atomic mass is 10.2. The molecule has 1 aromatic rings. The van der Waals surface area contributed by atoms with E-state index in [-0.39, 0.29) is 0 Å². The van der Waals surface area contributed by atoms with Gasteiger partial charge < -0.3 is 9.84 Å². The Morgan fingerprint density at radius 1 is 1.33 bits per heavy atom. The summed E-state index contributed by atoms with van der Waals surface area (Å²) in [7, 11) is 0. The molecule has 0 aliphatic heterocycles. The number of carboxylic acid groups (broad SMARTS) is 1. The fraction of sp³-hybridized carbons (Fsp3) is 0.250. The molecule has 0 radical (unpaired) electrons. The summed E-state index contributed by atoms with van der Waals surface area (Å²) in [5, 5.41) is 8.45. The first-order valence-electron chi connectivity index (χ1n) is 4.92. The van der Waals surface area contributed by atoms with Crippen LogP contribution in [0.2, 0.25) is 0 Å². The molecule has 3 heteroatoms. The van der Waals surface area contributed by atoms with Crippen molar-refractivity contribution in [3.8, 4) is 5.75 Å². The highest BCUT2D eigenvalue weighted by molar-refractivity contribution is 5.85. The largest absolute Gasteiger partial charge is 0.490 e. The van der Waals surface area contributed by atoms with Crippen LogP contribution in [0, 0.1) is 0 Å². The van der Waals surface area contributed by atoms with E-state index in [0.29, 0.717) is 6.10 Å². The minimum Gasteiger partial charge on any atom is -0.490 e. The standard InChI is InChI=1S/C12H12O3/c13-12(14)8-3-9-1-4-10(5-2-9)15-11-6-7-11/h1-5,8,11H,6-7H2,(H,13,14)/b8-3+. The first kappa shape index (κ1) is 9.77. The van der Waals surface area contributed by atoms with Crippen LogP contribution in [0.4, 0.5) is 0 Å². The number of carboxylic acids is 1. The van der Waals surface area contributed by atoms with Gasteiger partial charge in [0.2, 0.25) is 0 Å². The van der Waals surface area contributed by atoms with E-state index in [2.05, 4.69) is 0 Å². The molecule has 1 aliphatic rings. The number of rotatable bonds is 4. The fourth-order valence-electron chi connectivity index (χ4n) is 1.20. The van der Waals surface area contributed by atoms with Gasteiger partial charge in [0.05, 0.1) is 6.10 Å². The van der Waals surface area contributed by atoms with Gasteiger partial charge in [-0.25, -0.2) is 4.79 Å². The summed E-state index contributed by atoms with van der Waals surface area (Å²) in [6.07, 6.45) is 5.35. The Balaban J connectivity index is 1.99. The Kier molecular flexibility index (Phi) is 2.72. The minimum atomic E-state index is -0.937. The maximum atomic E-state index is 10.3. The average molecular weight is 204 g/mol. The molecule has 78 valence electrons. The lowest BCUT2D eigenvalue weighted by Crippen LogP contribution is -1.95. The molecule has 0 atom stereocenters. The Bertz CT molecular complexity index is 374. The van der Waals surface area contributed by atoms with Crippen LogP contribution in [0.15, 0.2) is 30.3 Å². The molecule has 1 aromatic carbocycles. The van der Waals surface area contributed by atoms with E-state index in [4.69, 9.17) is 9.84 Å². The molecule has 1 saturated carbocycles. The topological polar surface area (TPSA) is 46.5 Å². The van der Waals surface area contributed by atoms with E-state index < -0.39 is 5.97 Å². The lowest BCUT2D eigenvalue weighted by Gasteiger charge is -2.03. The quantitative estimate of drug-likeness (QED) is 0.765. The van der Waals surface area contributed by atoms with Crippen LogP contribution in [0.5, 0.6) is 5.75 Å². The van der Waals surface area contributed by atoms with Crippen molar-refractivity contribution in [1.29, 1.82) is 0 Å². The van der Waals surface area contributed by atoms with Gasteiger partial charge >= 0.3 is 5.97 Å². The predicted octanol–water partition coefficient (Wildman–Crippen LogP) is 2.33. The molecule has 0 heterocycles. The third kappa shape index (κ3) is 3.13. The molecule has 0 aromatic heterocycles. The molecular weight excluding hydrogens is 192 g/mol. The summed E-state index contributed by atoms with van der Waals surface area (Å²) in [6.45, 7) is 0. The van der Waals surface area contributed by atoms with E-state index in [9.17, 15) is 4.79 Å². The van der Waals surface area contributed by atoms with E-state index in [0.717, 1.165) is 30.2 Å². The zero-order valence-electron chi connectivity index (χ0n) is 8.22. The summed E-state index contributed by atoms with van der Waals surface area (Å²) in [5.41, 5.74) is 0.862. The van der Waals surface area contributed by atoms with Gasteiger partial charge in [-0.15, -0.1) is 0 Å². The second kappa shape index (κ2) is 4.17. The van der Waals surface area contributed by atoms with E-state index in [1.807, 2.05) is 24.3 Å². The second-order valence-electron chi connectivity index (χ2n) is 3.56. The Hall–Kier alpha value is -1.77. The molecule has 15 heavy (non-hydrogen) atoms. The van der Waals surface area contributed by atoms with E-state index in [1.165, 1.54) is 0 Å². The van der Waals surface area contributed by atoms with Crippen molar-refractivity contribution >= 4 is 12.0 Å². The maximum Gasteiger partial charge on any atom is 0.328 e. The van der Waals surface area contributed by atoms with Crippen LogP contribution in [0.3, 0.4) is 0 Å². The molecule has 3 nitrogen and oxygen atoms in total. The smallest absolute Gasteiger partial charge is 0.328 e. The number of aliphatic carboxylic acids is 1. The number of hydrogen-bond acceptors (Lipinski definition) is 2. The van der Waals surface area contributed by atoms with Crippen molar-refractivity contribution < 1.29 is 14.6 Å². The van der Waals surface area contributed by atoms with Gasteiger partial charge in [0.15, 0.2) is 0 Å². The van der Waals surface area contributed by atoms with Gasteiger partial charge in [0.25, 0.3) is 0 Å². The minimum absolute atomic E-state index is 0.394. The van der Waals surface area contributed by atoms with E-state index >= 15 is 0 Å². The molecule has 0 bridgehead atoms. The average Bonchev–Trinajstić information content (AvgIpc) is 3.01. The number of ether oxygens (including phenoxy) is 1. The fourth-order valence-corrected chi connectivity index (χ4v) is 1.20. The summed E-state index contributed by atoms with van der Waals surface area (Å²) < 4.78 is 5.57. The van der Waals surface area contributed by atoms with Gasteiger partial charge in [-0.1, -0.05) is 12.1 Å². The van der Waals surface area contributed by atoms with Crippen LogP contribution >= 0.6 is 0 Å². The highest BCUT2D eigenvalue weighted by atomic mass is 16.5. The molecule has 0 unspecified atom stereocenters. The lowest BCUT2D eigenvalue weighted by molar-refractivity contribution is -0.131. The van der Waals surface area contributed by atoms with Crippen molar-refractivity contribution in [1.82, 2.24) is 0 Å². The number of carbonyl (C=O) groups is 1. The Labute approximate surface area is 88.0 Å². The van der Waals surface area contributed by atoms with Crippen LogP contribution in [-0.4, -0.2) is 17.2 Å². The Morgan fingerprint density at radius 3 is 2.53 bits per heavy atom. The van der Waals surface area contributed by atoms with Gasteiger partial charge in [-0.05, 0) is 36.6 Å². The first-order chi connectivity index (χ1) is 7.24. The predicted molar refractivity (Wildman–Crippen MR) is 56.8 cm³/mol. The van der Waals surface area contributed by atoms with Crippen molar-refractivity contribution in [2.75, 3.05) is 0 Å². The third-order valence-corrected chi connectivity index (χ3v) is 2.13. The first-order valence-corrected chi connectivity index (χ1v) is 4.92. The van der Waals surface area contributed by atoms with Gasteiger partial charge in [0.1, 0.15) is 5.75 Å². The molecule has 1 N–H and O–H groups in total. The normalized spacial score (nSPS) is 15.5. The third-order valence-electron chi connectivity index (χ3n) is 2.13. The van der Waals surface area contributed by atoms with Gasteiger partial charge in [0, 0.05) is 6.08 Å². The summed E-state index contributed by atoms with van der Waals surface area (Å²) in [5.74, 6) is -0.0849. The van der Waals surface area contributed by atoms with Crippen LogP contribution in [-0.2, 0) is 4.79 Å².